The van der Waals surface area contributed by atoms with Crippen LogP contribution in [0.15, 0.2) is 4.52 Å². The predicted octanol–water partition coefficient (Wildman–Crippen LogP) is 0.533. The molecule has 0 amide bonds. The molecule has 0 atom stereocenters. The van der Waals surface area contributed by atoms with Crippen LogP contribution in [0.25, 0.3) is 0 Å². The van der Waals surface area contributed by atoms with E-state index in [1.165, 1.54) is 0 Å². The molecule has 1 aromatic heterocycles. The molecule has 0 aliphatic carbocycles. The molecule has 0 bridgehead atoms. The van der Waals surface area contributed by atoms with E-state index in [1.54, 1.807) is 7.11 Å². The molecule has 0 fully saturated rings. The number of hydrogen-bond acceptors (Lipinski definition) is 5. The van der Waals surface area contributed by atoms with Crippen molar-refractivity contribution in [2.45, 2.75) is 19.4 Å². The smallest absolute Gasteiger partial charge is 0.318 e. The Labute approximate surface area is 64.5 Å². The Morgan fingerprint density at radius 2 is 2.18 bits per heavy atom. The lowest BCUT2D eigenvalue weighted by Crippen LogP contribution is -2.21. The number of aromatic nitrogens is 2. The third-order valence-electron chi connectivity index (χ3n) is 1.49. The summed E-state index contributed by atoms with van der Waals surface area (Å²) in [5, 5.41) is 3.62. The molecule has 0 aliphatic heterocycles. The molecule has 0 saturated heterocycles. The molecule has 62 valence electrons. The van der Waals surface area contributed by atoms with Gasteiger partial charge < -0.3 is 15.0 Å². The maximum Gasteiger partial charge on any atom is 0.318 e. The first-order valence-corrected chi connectivity index (χ1v) is 3.21. The molecule has 5 heteroatoms. The van der Waals surface area contributed by atoms with Gasteiger partial charge in [-0.3, -0.25) is 0 Å². The summed E-state index contributed by atoms with van der Waals surface area (Å²) in [6, 6.07) is 0.0603. The van der Waals surface area contributed by atoms with Crippen LogP contribution in [0.1, 0.15) is 19.7 Å². The standard InChI is InChI=1S/C6H11N3O2/c1-6(2,10-3)4-8-5(7)11-9-4/h1-3H3,(H2,7,8,9). The van der Waals surface area contributed by atoms with Crippen molar-refractivity contribution in [2.75, 3.05) is 12.8 Å². The molecule has 0 radical (unpaired) electrons. The summed E-state index contributed by atoms with van der Waals surface area (Å²) in [5.74, 6) is 0.456. The summed E-state index contributed by atoms with van der Waals surface area (Å²) in [7, 11) is 1.58. The van der Waals surface area contributed by atoms with Gasteiger partial charge in [0.25, 0.3) is 0 Å². The van der Waals surface area contributed by atoms with E-state index >= 15 is 0 Å². The molecular weight excluding hydrogens is 146 g/mol. The first-order valence-electron chi connectivity index (χ1n) is 3.21. The number of ether oxygens (including phenoxy) is 1. The molecule has 1 heterocycles. The third-order valence-corrected chi connectivity index (χ3v) is 1.49. The quantitative estimate of drug-likeness (QED) is 0.677. The summed E-state index contributed by atoms with van der Waals surface area (Å²) in [4.78, 5) is 3.83. The van der Waals surface area contributed by atoms with E-state index < -0.39 is 5.60 Å². The van der Waals surface area contributed by atoms with Gasteiger partial charge in [-0.1, -0.05) is 5.16 Å². The predicted molar refractivity (Wildman–Crippen MR) is 38.7 cm³/mol. The molecule has 0 aliphatic rings. The normalized spacial score (nSPS) is 11.9. The Morgan fingerprint density at radius 3 is 2.55 bits per heavy atom. The Hall–Kier alpha value is -1.10. The minimum Gasteiger partial charge on any atom is -0.371 e. The highest BCUT2D eigenvalue weighted by molar-refractivity contribution is 5.10. The molecule has 1 aromatic rings. The molecule has 1 rings (SSSR count). The van der Waals surface area contributed by atoms with Crippen LogP contribution >= 0.6 is 0 Å². The molecule has 2 N–H and O–H groups in total. The lowest BCUT2D eigenvalue weighted by atomic mass is 10.1. The van der Waals surface area contributed by atoms with Gasteiger partial charge in [0.05, 0.1) is 0 Å². The van der Waals surface area contributed by atoms with Gasteiger partial charge >= 0.3 is 6.01 Å². The van der Waals surface area contributed by atoms with Crippen LogP contribution in [0.2, 0.25) is 0 Å². The molecule has 0 aromatic carbocycles. The first-order chi connectivity index (χ1) is 5.06. The Balaban J connectivity index is 2.92. The van der Waals surface area contributed by atoms with Crippen molar-refractivity contribution in [2.24, 2.45) is 0 Å². The van der Waals surface area contributed by atoms with Crippen LogP contribution in [0.3, 0.4) is 0 Å². The van der Waals surface area contributed by atoms with Gasteiger partial charge in [0.2, 0.25) is 5.82 Å². The van der Waals surface area contributed by atoms with Gasteiger partial charge in [0.1, 0.15) is 5.60 Å². The van der Waals surface area contributed by atoms with Gasteiger partial charge in [-0.25, -0.2) is 0 Å². The summed E-state index contributed by atoms with van der Waals surface area (Å²) in [6.45, 7) is 3.66. The van der Waals surface area contributed by atoms with Crippen molar-refractivity contribution in [1.29, 1.82) is 0 Å². The second kappa shape index (κ2) is 2.50. The number of methoxy groups -OCH3 is 1. The maximum atomic E-state index is 5.23. The topological polar surface area (TPSA) is 74.2 Å². The number of nitrogens with two attached hydrogens (primary N) is 1. The highest BCUT2D eigenvalue weighted by Crippen LogP contribution is 2.20. The van der Waals surface area contributed by atoms with Crippen molar-refractivity contribution in [3.05, 3.63) is 5.82 Å². The Kier molecular flexibility index (Phi) is 1.82. The van der Waals surface area contributed by atoms with E-state index in [0.717, 1.165) is 0 Å². The monoisotopic (exact) mass is 157 g/mol. The van der Waals surface area contributed by atoms with Crippen molar-refractivity contribution in [1.82, 2.24) is 10.1 Å². The molecule has 5 nitrogen and oxygen atoms in total. The molecule has 11 heavy (non-hydrogen) atoms. The number of nitrogen functional groups attached to an aromatic ring is 1. The van der Waals surface area contributed by atoms with Crippen molar-refractivity contribution < 1.29 is 9.26 Å². The summed E-state index contributed by atoms with van der Waals surface area (Å²) in [6.07, 6.45) is 0. The summed E-state index contributed by atoms with van der Waals surface area (Å²) >= 11 is 0. The highest BCUT2D eigenvalue weighted by atomic mass is 16.5. The SMILES string of the molecule is COC(C)(C)c1noc(N)n1. The minimum atomic E-state index is -0.541. The Bertz CT molecular complexity index is 244. The van der Waals surface area contributed by atoms with E-state index in [0.29, 0.717) is 5.82 Å². The van der Waals surface area contributed by atoms with Crippen molar-refractivity contribution >= 4 is 6.01 Å². The van der Waals surface area contributed by atoms with E-state index in [1.807, 2.05) is 13.8 Å². The fourth-order valence-corrected chi connectivity index (χ4v) is 0.571. The summed E-state index contributed by atoms with van der Waals surface area (Å²) in [5.41, 5.74) is 4.69. The van der Waals surface area contributed by atoms with E-state index in [9.17, 15) is 0 Å². The lowest BCUT2D eigenvalue weighted by molar-refractivity contribution is 0.00973. The fourth-order valence-electron chi connectivity index (χ4n) is 0.571. The zero-order valence-corrected chi connectivity index (χ0v) is 6.79. The van der Waals surface area contributed by atoms with Gasteiger partial charge in [-0.2, -0.15) is 4.98 Å². The van der Waals surface area contributed by atoms with Crippen molar-refractivity contribution in [3.63, 3.8) is 0 Å². The third kappa shape index (κ3) is 1.48. The minimum absolute atomic E-state index is 0.0603. The Morgan fingerprint density at radius 1 is 1.55 bits per heavy atom. The largest absolute Gasteiger partial charge is 0.371 e. The van der Waals surface area contributed by atoms with E-state index in [-0.39, 0.29) is 6.01 Å². The lowest BCUT2D eigenvalue weighted by Gasteiger charge is -2.17. The first kappa shape index (κ1) is 8.00. The van der Waals surface area contributed by atoms with Gasteiger partial charge in [0, 0.05) is 7.11 Å². The van der Waals surface area contributed by atoms with Crippen LogP contribution in [-0.2, 0) is 10.3 Å². The van der Waals surface area contributed by atoms with E-state index in [2.05, 4.69) is 14.7 Å². The second-order valence-corrected chi connectivity index (χ2v) is 2.67. The van der Waals surface area contributed by atoms with Gasteiger partial charge in [-0.15, -0.1) is 0 Å². The zero-order valence-electron chi connectivity index (χ0n) is 6.79. The number of anilines is 1. The van der Waals surface area contributed by atoms with Gasteiger partial charge in [-0.05, 0) is 13.8 Å². The van der Waals surface area contributed by atoms with Crippen LogP contribution in [0.5, 0.6) is 0 Å². The van der Waals surface area contributed by atoms with Crippen molar-refractivity contribution in [3.8, 4) is 0 Å². The van der Waals surface area contributed by atoms with E-state index in [4.69, 9.17) is 10.5 Å². The molecule has 0 spiro atoms. The number of hydrogen-bond donors (Lipinski definition) is 1. The van der Waals surface area contributed by atoms with Crippen LogP contribution < -0.4 is 5.73 Å². The second-order valence-electron chi connectivity index (χ2n) is 2.67. The average Bonchev–Trinajstić information content (AvgIpc) is 2.36. The molecular formula is C6H11N3O2. The average molecular weight is 157 g/mol. The summed E-state index contributed by atoms with van der Waals surface area (Å²) < 4.78 is 9.69. The maximum absolute atomic E-state index is 5.23. The van der Waals surface area contributed by atoms with Gasteiger partial charge in [0.15, 0.2) is 0 Å². The van der Waals surface area contributed by atoms with Crippen LogP contribution in [0, 0.1) is 0 Å². The fraction of sp³-hybridized carbons (Fsp3) is 0.667. The highest BCUT2D eigenvalue weighted by Gasteiger charge is 2.25. The number of nitrogens with zero attached hydrogens (tertiary/aromatic N) is 2. The molecule has 0 saturated carbocycles. The van der Waals surface area contributed by atoms with Crippen LogP contribution in [0.4, 0.5) is 6.01 Å². The number of rotatable bonds is 2. The molecule has 0 unspecified atom stereocenters. The van der Waals surface area contributed by atoms with Crippen LogP contribution in [-0.4, -0.2) is 17.3 Å². The zero-order chi connectivity index (χ0) is 8.48.